The van der Waals surface area contributed by atoms with Gasteiger partial charge in [0.25, 0.3) is 11.8 Å². The van der Waals surface area contributed by atoms with E-state index in [1.807, 2.05) is 95.3 Å². The number of nitrogens with one attached hydrogen (secondary N) is 5. The van der Waals surface area contributed by atoms with Gasteiger partial charge in [0, 0.05) is 37.3 Å². The van der Waals surface area contributed by atoms with Crippen molar-refractivity contribution in [1.82, 2.24) is 26.6 Å². The van der Waals surface area contributed by atoms with E-state index in [1.165, 1.54) is 25.2 Å². The molecule has 12 nitrogen and oxygen atoms in total. The van der Waals surface area contributed by atoms with E-state index >= 15 is 0 Å². The second kappa shape index (κ2) is 19.7. The molecule has 282 valence electrons. The predicted molar refractivity (Wildman–Crippen MR) is 206 cm³/mol. The third-order valence-electron chi connectivity index (χ3n) is 8.71. The maximum Gasteiger partial charge on any atom is 0.251 e. The number of benzene rings is 3. The van der Waals surface area contributed by atoms with Gasteiger partial charge in [0.1, 0.15) is 6.04 Å². The van der Waals surface area contributed by atoms with Crippen molar-refractivity contribution in [3.05, 3.63) is 101 Å². The molecule has 5 N–H and O–H groups in total. The minimum Gasteiger partial charge on any atom is -0.355 e. The van der Waals surface area contributed by atoms with E-state index in [0.29, 0.717) is 25.8 Å². The van der Waals surface area contributed by atoms with Crippen LogP contribution in [0.15, 0.2) is 78.9 Å². The number of nitrogens with zero attached hydrogens (tertiary/aromatic N) is 1. The van der Waals surface area contributed by atoms with Crippen LogP contribution in [0.25, 0.3) is 0 Å². The van der Waals surface area contributed by atoms with E-state index in [9.17, 15) is 27.6 Å². The largest absolute Gasteiger partial charge is 0.355 e. The molecule has 3 rings (SSSR count). The number of sulfonamides is 1. The third kappa shape index (κ3) is 12.5. The van der Waals surface area contributed by atoms with Gasteiger partial charge in [0.2, 0.25) is 21.8 Å². The minimum absolute atomic E-state index is 0.0909. The predicted octanol–water partition coefficient (Wildman–Crippen LogP) is 3.95. The second-order valence-electron chi connectivity index (χ2n) is 13.3. The zero-order valence-corrected chi connectivity index (χ0v) is 32.0. The molecule has 0 aliphatic rings. The molecule has 0 radical (unpaired) electrons. The van der Waals surface area contributed by atoms with Crippen molar-refractivity contribution in [2.45, 2.75) is 78.0 Å². The van der Waals surface area contributed by atoms with E-state index in [-0.39, 0.29) is 47.1 Å². The smallest absolute Gasteiger partial charge is 0.251 e. The molecular formula is C39H54N6O6S. The number of hydrogen-bond acceptors (Lipinski definition) is 7. The standard InChI is InChI=1S/C39H54N6O6S/c1-8-16-34(38(48)44-35(26(3)4)39(49)40-9-2)41-25-32(21-28-17-12-10-13-18-28)43-37(47)31-22-30(23-33(24-31)45(6)52(7,50)51)36(46)42-27(5)29-19-14-11-15-20-29/h10-15,17-20,22-24,26-27,32,34-35,41H,8-9,16,21,25H2,1-7H3,(H,40,49)(H,42,46)(H,43,47)(H,44,48)/t27-,32+,34+,35+/m1/s1. The highest BCUT2D eigenvalue weighted by Gasteiger charge is 2.28. The highest BCUT2D eigenvalue weighted by Crippen LogP contribution is 2.22. The summed E-state index contributed by atoms with van der Waals surface area (Å²) in [5, 5.41) is 15.0. The zero-order chi connectivity index (χ0) is 38.4. The molecule has 4 amide bonds. The van der Waals surface area contributed by atoms with Crippen LogP contribution in [0.1, 0.15) is 85.3 Å². The van der Waals surface area contributed by atoms with E-state index in [4.69, 9.17) is 0 Å². The number of rotatable bonds is 19. The quantitative estimate of drug-likeness (QED) is 0.124. The van der Waals surface area contributed by atoms with Crippen molar-refractivity contribution in [3.8, 4) is 0 Å². The van der Waals surface area contributed by atoms with Gasteiger partial charge in [-0.25, -0.2) is 8.42 Å². The van der Waals surface area contributed by atoms with Crippen LogP contribution >= 0.6 is 0 Å². The second-order valence-corrected chi connectivity index (χ2v) is 15.4. The molecule has 0 saturated heterocycles. The maximum absolute atomic E-state index is 14.0. The highest BCUT2D eigenvalue weighted by atomic mass is 32.2. The summed E-state index contributed by atoms with van der Waals surface area (Å²) < 4.78 is 26.1. The average molecular weight is 735 g/mol. The molecule has 0 heterocycles. The molecule has 13 heteroatoms. The first-order valence-corrected chi connectivity index (χ1v) is 19.6. The van der Waals surface area contributed by atoms with Gasteiger partial charge in [-0.3, -0.25) is 23.5 Å². The van der Waals surface area contributed by atoms with Gasteiger partial charge in [0.05, 0.1) is 24.0 Å². The van der Waals surface area contributed by atoms with Crippen LogP contribution in [-0.2, 0) is 26.0 Å². The third-order valence-corrected chi connectivity index (χ3v) is 9.92. The van der Waals surface area contributed by atoms with E-state index in [0.717, 1.165) is 21.7 Å². The fraction of sp³-hybridized carbons (Fsp3) is 0.436. The van der Waals surface area contributed by atoms with E-state index in [2.05, 4.69) is 26.6 Å². The molecule has 3 aromatic rings. The van der Waals surface area contributed by atoms with E-state index < -0.39 is 40.0 Å². The minimum atomic E-state index is -3.73. The molecule has 3 aromatic carbocycles. The van der Waals surface area contributed by atoms with Crippen molar-refractivity contribution in [1.29, 1.82) is 0 Å². The Hall–Kier alpha value is -4.75. The van der Waals surface area contributed by atoms with Crippen molar-refractivity contribution in [2.75, 3.05) is 30.7 Å². The summed E-state index contributed by atoms with van der Waals surface area (Å²) in [7, 11) is -2.37. The Bertz CT molecular complexity index is 1750. The summed E-state index contributed by atoms with van der Waals surface area (Å²) in [6, 6.07) is 21.1. The summed E-state index contributed by atoms with van der Waals surface area (Å²) in [5.41, 5.74) is 2.19. The van der Waals surface area contributed by atoms with Gasteiger partial charge < -0.3 is 26.6 Å². The van der Waals surface area contributed by atoms with Crippen LogP contribution in [0.2, 0.25) is 0 Å². The molecule has 0 spiro atoms. The number of likely N-dealkylation sites (N-methyl/N-ethyl adjacent to an activating group) is 1. The number of carbonyl (C=O) groups excluding carboxylic acids is 4. The zero-order valence-electron chi connectivity index (χ0n) is 31.2. The summed E-state index contributed by atoms with van der Waals surface area (Å²) in [6.45, 7) is 10.0. The van der Waals surface area contributed by atoms with Crippen LogP contribution in [0, 0.1) is 5.92 Å². The molecule has 0 aliphatic heterocycles. The molecule has 0 fully saturated rings. The monoisotopic (exact) mass is 734 g/mol. The van der Waals surface area contributed by atoms with Gasteiger partial charge in [-0.2, -0.15) is 0 Å². The molecule has 0 bridgehead atoms. The Balaban J connectivity index is 1.91. The highest BCUT2D eigenvalue weighted by molar-refractivity contribution is 7.92. The summed E-state index contributed by atoms with van der Waals surface area (Å²) in [6.07, 6.45) is 2.65. The van der Waals surface area contributed by atoms with Gasteiger partial charge in [-0.1, -0.05) is 87.9 Å². The van der Waals surface area contributed by atoms with Gasteiger partial charge in [-0.05, 0) is 61.9 Å². The first-order valence-electron chi connectivity index (χ1n) is 17.8. The lowest BCUT2D eigenvalue weighted by atomic mass is 10.0. The van der Waals surface area contributed by atoms with Crippen molar-refractivity contribution >= 4 is 39.3 Å². The average Bonchev–Trinajstić information content (AvgIpc) is 3.11. The lowest BCUT2D eigenvalue weighted by Crippen LogP contribution is -2.56. The van der Waals surface area contributed by atoms with Gasteiger partial charge >= 0.3 is 0 Å². The number of anilines is 1. The molecule has 52 heavy (non-hydrogen) atoms. The van der Waals surface area contributed by atoms with Crippen LogP contribution in [0.5, 0.6) is 0 Å². The number of hydrogen-bond donors (Lipinski definition) is 5. The number of carbonyl (C=O) groups is 4. The van der Waals surface area contributed by atoms with Crippen molar-refractivity contribution < 1.29 is 27.6 Å². The summed E-state index contributed by atoms with van der Waals surface area (Å²) in [4.78, 5) is 53.7. The molecular weight excluding hydrogens is 681 g/mol. The fourth-order valence-electron chi connectivity index (χ4n) is 5.67. The molecule has 0 aliphatic carbocycles. The van der Waals surface area contributed by atoms with Crippen LogP contribution in [0.4, 0.5) is 5.69 Å². The first kappa shape index (κ1) is 41.7. The van der Waals surface area contributed by atoms with E-state index in [1.54, 1.807) is 0 Å². The Kier molecular flexibility index (Phi) is 15.8. The van der Waals surface area contributed by atoms with Gasteiger partial charge in [0.15, 0.2) is 0 Å². The topological polar surface area (TPSA) is 166 Å². The Morgan fingerprint density at radius 1 is 0.769 bits per heavy atom. The van der Waals surface area contributed by atoms with Crippen LogP contribution < -0.4 is 30.9 Å². The SMILES string of the molecule is CCC[C@H](NC[C@H](Cc1ccccc1)NC(=O)c1cc(C(=O)N[C@H](C)c2ccccc2)cc(N(C)S(C)(=O)=O)c1)C(=O)N[C@H](C(=O)NCC)C(C)C. The maximum atomic E-state index is 14.0. The lowest BCUT2D eigenvalue weighted by molar-refractivity contribution is -0.131. The molecule has 4 atom stereocenters. The molecule has 0 aromatic heterocycles. The Labute approximate surface area is 308 Å². The lowest BCUT2D eigenvalue weighted by Gasteiger charge is -2.27. The summed E-state index contributed by atoms with van der Waals surface area (Å²) >= 11 is 0. The fourth-order valence-corrected chi connectivity index (χ4v) is 6.15. The molecule has 0 unspecified atom stereocenters. The Morgan fingerprint density at radius 2 is 1.35 bits per heavy atom. The Morgan fingerprint density at radius 3 is 1.88 bits per heavy atom. The van der Waals surface area contributed by atoms with Crippen molar-refractivity contribution in [2.24, 2.45) is 5.92 Å². The van der Waals surface area contributed by atoms with Crippen LogP contribution in [-0.4, -0.2) is 76.6 Å². The normalized spacial score (nSPS) is 13.7. The first-order chi connectivity index (χ1) is 24.6. The van der Waals surface area contributed by atoms with Crippen molar-refractivity contribution in [3.63, 3.8) is 0 Å². The number of amides is 4. The molecule has 0 saturated carbocycles. The summed E-state index contributed by atoms with van der Waals surface area (Å²) in [5.74, 6) is -1.69. The van der Waals surface area contributed by atoms with Crippen LogP contribution in [0.3, 0.4) is 0 Å². The van der Waals surface area contributed by atoms with Gasteiger partial charge in [-0.15, -0.1) is 0 Å².